The molecule has 3 unspecified atom stereocenters. The largest absolute Gasteiger partial charge is 0.497 e. The second-order valence-electron chi connectivity index (χ2n) is 11.8. The first-order valence-corrected chi connectivity index (χ1v) is 15.7. The van der Waals surface area contributed by atoms with Crippen molar-refractivity contribution < 1.29 is 24.2 Å². The Bertz CT molecular complexity index is 1370. The van der Waals surface area contributed by atoms with Gasteiger partial charge in [0.1, 0.15) is 11.8 Å². The van der Waals surface area contributed by atoms with Crippen LogP contribution in [0.2, 0.25) is 0 Å². The first-order chi connectivity index (χ1) is 20.7. The van der Waals surface area contributed by atoms with Crippen molar-refractivity contribution in [3.8, 4) is 5.75 Å². The van der Waals surface area contributed by atoms with Gasteiger partial charge in [0.25, 0.3) is 5.91 Å². The van der Waals surface area contributed by atoms with Crippen molar-refractivity contribution in [1.82, 2.24) is 9.80 Å². The minimum absolute atomic E-state index is 0.00155. The zero-order valence-corrected chi connectivity index (χ0v) is 25.9. The number of nitrogens with zero attached hydrogens (tertiary/aromatic N) is 3. The zero-order chi connectivity index (χ0) is 30.9. The monoisotopic (exact) mass is 603 g/mol. The number of aliphatic hydroxyl groups is 1. The van der Waals surface area contributed by atoms with Crippen LogP contribution in [0.1, 0.15) is 18.9 Å². The van der Waals surface area contributed by atoms with E-state index >= 15 is 0 Å². The van der Waals surface area contributed by atoms with Gasteiger partial charge in [-0.15, -0.1) is 24.9 Å². The number of likely N-dealkylation sites (tertiary alicyclic amines) is 1. The summed E-state index contributed by atoms with van der Waals surface area (Å²) in [5.74, 6) is -1.12. The third-order valence-corrected chi connectivity index (χ3v) is 11.4. The Morgan fingerprint density at radius 2 is 1.79 bits per heavy atom. The Kier molecular flexibility index (Phi) is 9.04. The molecule has 3 saturated heterocycles. The third kappa shape index (κ3) is 5.16. The molecule has 3 heterocycles. The van der Waals surface area contributed by atoms with Crippen molar-refractivity contribution in [1.29, 1.82) is 0 Å². The normalized spacial score (nSPS) is 27.9. The quantitative estimate of drug-likeness (QED) is 0.372. The second kappa shape index (κ2) is 12.6. The fourth-order valence-electron chi connectivity index (χ4n) is 7.45. The van der Waals surface area contributed by atoms with Crippen molar-refractivity contribution in [3.05, 3.63) is 85.5 Å². The van der Waals surface area contributed by atoms with Crippen LogP contribution >= 0.6 is 11.8 Å². The summed E-state index contributed by atoms with van der Waals surface area (Å²) in [6, 6.07) is 15.4. The molecule has 0 aromatic heterocycles. The predicted molar refractivity (Wildman–Crippen MR) is 170 cm³/mol. The van der Waals surface area contributed by atoms with E-state index in [1.54, 1.807) is 64.9 Å². The number of ether oxygens (including phenoxy) is 1. The number of hydrogen-bond donors (Lipinski definition) is 1. The number of thioether (sulfide) groups is 1. The maximum absolute atomic E-state index is 15.0. The summed E-state index contributed by atoms with van der Waals surface area (Å²) in [5.41, 5.74) is 1.61. The molecule has 3 aliphatic rings. The molecule has 3 amide bonds. The fraction of sp³-hybridized carbons (Fsp3) is 0.441. The number of hydrogen-bond acceptors (Lipinski definition) is 6. The molecular weight excluding hydrogens is 562 g/mol. The molecule has 2 aromatic rings. The lowest BCUT2D eigenvalue weighted by Crippen LogP contribution is -2.59. The van der Waals surface area contributed by atoms with E-state index in [1.807, 2.05) is 42.5 Å². The topological polar surface area (TPSA) is 90.4 Å². The van der Waals surface area contributed by atoms with Crippen LogP contribution < -0.4 is 9.64 Å². The number of carbonyl (C=O) groups is 3. The highest BCUT2D eigenvalue weighted by atomic mass is 32.2. The Labute approximate surface area is 258 Å². The molecule has 8 nitrogen and oxygen atoms in total. The molecule has 0 radical (unpaired) electrons. The smallest absolute Gasteiger partial charge is 0.251 e. The van der Waals surface area contributed by atoms with Gasteiger partial charge in [-0.2, -0.15) is 0 Å². The van der Waals surface area contributed by atoms with E-state index in [0.717, 1.165) is 12.0 Å². The summed E-state index contributed by atoms with van der Waals surface area (Å²) in [6.07, 6.45) is 4.47. The Morgan fingerprint density at radius 3 is 2.40 bits per heavy atom. The number of rotatable bonds is 12. The Hall–Kier alpha value is -3.56. The van der Waals surface area contributed by atoms with Gasteiger partial charge in [-0.05, 0) is 48.6 Å². The van der Waals surface area contributed by atoms with E-state index in [4.69, 9.17) is 4.74 Å². The number of likely N-dealkylation sites (N-methyl/N-ethyl adjacent to an activating group) is 1. The van der Waals surface area contributed by atoms with Crippen LogP contribution in [0, 0.1) is 17.8 Å². The molecule has 1 spiro atoms. The van der Waals surface area contributed by atoms with Gasteiger partial charge in [-0.25, -0.2) is 0 Å². The molecule has 1 N–H and O–H groups in total. The van der Waals surface area contributed by atoms with Gasteiger partial charge >= 0.3 is 0 Å². The average molecular weight is 604 g/mol. The Morgan fingerprint density at radius 1 is 1.12 bits per heavy atom. The summed E-state index contributed by atoms with van der Waals surface area (Å²) in [6.45, 7) is 10.1. The molecule has 228 valence electrons. The number of amides is 3. The number of carbonyl (C=O) groups excluding carboxylic acids is 3. The molecular formula is C34H41N3O5S. The number of benzene rings is 2. The summed E-state index contributed by atoms with van der Waals surface area (Å²) in [7, 11) is 3.32. The van der Waals surface area contributed by atoms with E-state index in [9.17, 15) is 19.5 Å². The standard InChI is InChI=1S/C34H41N3O5S/c1-6-17-35(4)31(39)28-27-19-22(3)34(43-27)29(28)32(40)37(25(21-38)20-23-11-9-8-10-12-23)30(34)33(41)36(18-7-2)24-13-15-26(42-5)16-14-24/h6-16,22,25,27-30,38H,1-2,17-21H2,3-5H3/t22?,25-,27-,28+,29+,30?,34?/m1/s1. The molecule has 2 bridgehead atoms. The molecule has 0 aliphatic carbocycles. The van der Waals surface area contributed by atoms with Crippen molar-refractivity contribution >= 4 is 35.2 Å². The lowest BCUT2D eigenvalue weighted by Gasteiger charge is -2.42. The maximum Gasteiger partial charge on any atom is 0.251 e. The van der Waals surface area contributed by atoms with Gasteiger partial charge in [-0.3, -0.25) is 14.4 Å². The highest BCUT2D eigenvalue weighted by Gasteiger charge is 2.77. The van der Waals surface area contributed by atoms with Gasteiger partial charge in [0.15, 0.2) is 0 Å². The summed E-state index contributed by atoms with van der Waals surface area (Å²) >= 11 is 1.63. The van der Waals surface area contributed by atoms with E-state index < -0.39 is 28.7 Å². The van der Waals surface area contributed by atoms with E-state index in [0.29, 0.717) is 24.4 Å². The average Bonchev–Trinajstić information content (AvgIpc) is 3.62. The molecule has 5 rings (SSSR count). The van der Waals surface area contributed by atoms with Gasteiger partial charge in [0.2, 0.25) is 11.8 Å². The van der Waals surface area contributed by atoms with Crippen molar-refractivity contribution in [2.75, 3.05) is 38.8 Å². The highest BCUT2D eigenvalue weighted by molar-refractivity contribution is 8.02. The maximum atomic E-state index is 15.0. The number of aliphatic hydroxyl groups excluding tert-OH is 1. The van der Waals surface area contributed by atoms with Gasteiger partial charge < -0.3 is 24.5 Å². The van der Waals surface area contributed by atoms with Crippen LogP contribution in [-0.4, -0.2) is 88.6 Å². The predicted octanol–water partition coefficient (Wildman–Crippen LogP) is 3.80. The van der Waals surface area contributed by atoms with Gasteiger partial charge in [0.05, 0.1) is 36.3 Å². The molecule has 2 aromatic carbocycles. The molecule has 3 aliphatic heterocycles. The van der Waals surface area contributed by atoms with Crippen LogP contribution in [-0.2, 0) is 20.8 Å². The van der Waals surface area contributed by atoms with Gasteiger partial charge in [-0.1, -0.05) is 49.4 Å². The molecule has 3 fully saturated rings. The van der Waals surface area contributed by atoms with E-state index in [-0.39, 0.29) is 42.0 Å². The first-order valence-electron chi connectivity index (χ1n) is 14.8. The second-order valence-corrected chi connectivity index (χ2v) is 13.3. The third-order valence-electron chi connectivity index (χ3n) is 9.36. The molecule has 43 heavy (non-hydrogen) atoms. The van der Waals surface area contributed by atoms with E-state index in [2.05, 4.69) is 20.1 Å². The van der Waals surface area contributed by atoms with Crippen LogP contribution in [0.15, 0.2) is 79.9 Å². The van der Waals surface area contributed by atoms with Crippen molar-refractivity contribution in [2.45, 2.75) is 41.8 Å². The molecule has 7 atom stereocenters. The van der Waals surface area contributed by atoms with Crippen molar-refractivity contribution in [2.24, 2.45) is 17.8 Å². The van der Waals surface area contributed by atoms with E-state index in [1.165, 1.54) is 0 Å². The summed E-state index contributed by atoms with van der Waals surface area (Å²) in [4.78, 5) is 48.5. The lowest BCUT2D eigenvalue weighted by molar-refractivity contribution is -0.145. The van der Waals surface area contributed by atoms with Crippen LogP contribution in [0.25, 0.3) is 0 Å². The van der Waals surface area contributed by atoms with Crippen molar-refractivity contribution in [3.63, 3.8) is 0 Å². The fourth-order valence-corrected chi connectivity index (χ4v) is 9.85. The van der Waals surface area contributed by atoms with Crippen LogP contribution in [0.4, 0.5) is 5.69 Å². The molecule has 0 saturated carbocycles. The first kappa shape index (κ1) is 30.9. The number of methoxy groups -OCH3 is 1. The summed E-state index contributed by atoms with van der Waals surface area (Å²) in [5, 5.41) is 10.7. The highest BCUT2D eigenvalue weighted by Crippen LogP contribution is 2.69. The minimum Gasteiger partial charge on any atom is -0.497 e. The Balaban J connectivity index is 1.63. The lowest BCUT2D eigenvalue weighted by atomic mass is 9.65. The number of anilines is 1. The minimum atomic E-state index is -0.875. The van der Waals surface area contributed by atoms with Crippen LogP contribution in [0.3, 0.4) is 0 Å². The van der Waals surface area contributed by atoms with Crippen LogP contribution in [0.5, 0.6) is 5.75 Å². The SMILES string of the molecule is C=CCN(C)C(=O)[C@@H]1[C@H]2C(=O)N([C@@H](CO)Cc3ccccc3)C(C(=O)N(CC=C)c3ccc(OC)cc3)C23S[C@@H]1CC3C. The summed E-state index contributed by atoms with van der Waals surface area (Å²) < 4.78 is 4.52. The van der Waals surface area contributed by atoms with Gasteiger partial charge in [0, 0.05) is 31.1 Å². The molecule has 9 heteroatoms. The number of fused-ring (bicyclic) bond motifs is 1. The zero-order valence-electron chi connectivity index (χ0n) is 25.1.